The molecular weight excluding hydrogens is 361 g/mol. The molecule has 2 aromatic heterocycles. The Bertz CT molecular complexity index is 1070. The van der Waals surface area contributed by atoms with Crippen LogP contribution in [0.25, 0.3) is 28.2 Å². The van der Waals surface area contributed by atoms with E-state index in [1.807, 2.05) is 0 Å². The predicted molar refractivity (Wildman–Crippen MR) is 100 cm³/mol. The van der Waals surface area contributed by atoms with E-state index in [0.717, 1.165) is 5.39 Å². The van der Waals surface area contributed by atoms with E-state index >= 15 is 0 Å². The Balaban J connectivity index is 1.81. The molecule has 1 aliphatic heterocycles. The van der Waals surface area contributed by atoms with Crippen molar-refractivity contribution in [2.45, 2.75) is 0 Å². The zero-order chi connectivity index (χ0) is 17.6. The normalized spacial score (nSPS) is 16.0. The maximum atomic E-state index is 13.4. The number of aromatic nitrogens is 1. The molecule has 3 N–H and O–H groups in total. The Morgan fingerprint density at radius 3 is 2.88 bits per heavy atom. The molecular formula is C17H10FN3O2S2. The number of benzene rings is 1. The van der Waals surface area contributed by atoms with Crippen molar-refractivity contribution in [3.63, 3.8) is 0 Å². The van der Waals surface area contributed by atoms with Gasteiger partial charge in [0.1, 0.15) is 21.5 Å². The Labute approximate surface area is 151 Å². The lowest BCUT2D eigenvalue weighted by Gasteiger charge is -2.04. The number of nitrogens with one attached hydrogen (secondary N) is 1. The minimum Gasteiger partial charge on any atom is -0.456 e. The standard InChI is InChI=1S/C17H10FN3O2S2/c18-12-2-1-8(4-13(12)19)11-7-20-6-9-3-10(23-15(9)11)5-14-16(22)21-17(24)25-14/h1-7H,19H2,(H,21,22,24)/b14-5+. The first-order valence-electron chi connectivity index (χ1n) is 7.19. The molecule has 25 heavy (non-hydrogen) atoms. The van der Waals surface area contributed by atoms with Gasteiger partial charge in [-0.25, -0.2) is 4.39 Å². The van der Waals surface area contributed by atoms with Crippen molar-refractivity contribution in [1.82, 2.24) is 10.3 Å². The van der Waals surface area contributed by atoms with Crippen molar-refractivity contribution >= 4 is 56.9 Å². The number of nitrogen functional groups attached to an aromatic ring is 1. The van der Waals surface area contributed by atoms with Gasteiger partial charge in [0.15, 0.2) is 0 Å². The van der Waals surface area contributed by atoms with Gasteiger partial charge in [0.05, 0.1) is 10.6 Å². The smallest absolute Gasteiger partial charge is 0.263 e. The number of rotatable bonds is 2. The van der Waals surface area contributed by atoms with Crippen molar-refractivity contribution in [2.24, 2.45) is 0 Å². The Kier molecular flexibility index (Phi) is 3.78. The zero-order valence-electron chi connectivity index (χ0n) is 12.6. The second-order valence-electron chi connectivity index (χ2n) is 5.34. The minimum absolute atomic E-state index is 0.0518. The van der Waals surface area contributed by atoms with Crippen LogP contribution in [-0.4, -0.2) is 15.2 Å². The van der Waals surface area contributed by atoms with Crippen molar-refractivity contribution in [3.8, 4) is 11.1 Å². The van der Waals surface area contributed by atoms with Crippen LogP contribution in [0, 0.1) is 5.82 Å². The average molecular weight is 371 g/mol. The van der Waals surface area contributed by atoms with Crippen LogP contribution in [0.4, 0.5) is 10.1 Å². The minimum atomic E-state index is -0.478. The van der Waals surface area contributed by atoms with Gasteiger partial charge in [-0.05, 0) is 23.8 Å². The number of hydrogen-bond acceptors (Lipinski definition) is 6. The van der Waals surface area contributed by atoms with E-state index in [9.17, 15) is 9.18 Å². The van der Waals surface area contributed by atoms with Gasteiger partial charge < -0.3 is 15.5 Å². The Morgan fingerprint density at radius 2 is 2.16 bits per heavy atom. The van der Waals surface area contributed by atoms with Crippen molar-refractivity contribution in [1.29, 1.82) is 0 Å². The Morgan fingerprint density at radius 1 is 1.32 bits per heavy atom. The first-order chi connectivity index (χ1) is 12.0. The SMILES string of the molecule is Nc1cc(-c2cncc3cc(/C=C4/SC(=S)NC4=O)oc23)ccc1F. The molecule has 1 aliphatic rings. The summed E-state index contributed by atoms with van der Waals surface area (Å²) in [7, 11) is 0. The third-order valence-electron chi connectivity index (χ3n) is 3.66. The van der Waals surface area contributed by atoms with E-state index in [4.69, 9.17) is 22.4 Å². The average Bonchev–Trinajstić information content (AvgIpc) is 3.12. The number of hydrogen-bond donors (Lipinski definition) is 2. The van der Waals surface area contributed by atoms with Crippen LogP contribution in [0.5, 0.6) is 0 Å². The fourth-order valence-electron chi connectivity index (χ4n) is 2.52. The van der Waals surface area contributed by atoms with E-state index in [-0.39, 0.29) is 11.6 Å². The predicted octanol–water partition coefficient (Wildman–Crippen LogP) is 3.70. The number of amides is 1. The molecule has 124 valence electrons. The molecule has 4 rings (SSSR count). The van der Waals surface area contributed by atoms with Crippen LogP contribution in [0.1, 0.15) is 5.76 Å². The highest BCUT2D eigenvalue weighted by Crippen LogP contribution is 2.33. The molecule has 1 aromatic carbocycles. The molecule has 0 unspecified atom stereocenters. The summed E-state index contributed by atoms with van der Waals surface area (Å²) >= 11 is 6.15. The number of thiocarbonyl (C=S) groups is 1. The van der Waals surface area contributed by atoms with Crippen molar-refractivity contribution in [2.75, 3.05) is 5.73 Å². The lowest BCUT2D eigenvalue weighted by molar-refractivity contribution is -0.115. The summed E-state index contributed by atoms with van der Waals surface area (Å²) < 4.78 is 19.7. The van der Waals surface area contributed by atoms with Crippen LogP contribution >= 0.6 is 24.0 Å². The molecule has 1 fully saturated rings. The highest BCUT2D eigenvalue weighted by Gasteiger charge is 2.23. The molecule has 1 amide bonds. The van der Waals surface area contributed by atoms with Crippen molar-refractivity contribution in [3.05, 3.63) is 53.1 Å². The number of halogens is 1. The molecule has 0 aliphatic carbocycles. The van der Waals surface area contributed by atoms with Crippen LogP contribution in [0.15, 0.2) is 46.0 Å². The molecule has 0 radical (unpaired) electrons. The summed E-state index contributed by atoms with van der Waals surface area (Å²) in [6.45, 7) is 0. The molecule has 0 saturated carbocycles. The molecule has 3 heterocycles. The van der Waals surface area contributed by atoms with Gasteiger partial charge in [0.25, 0.3) is 5.91 Å². The largest absolute Gasteiger partial charge is 0.456 e. The second kappa shape index (κ2) is 5.98. The molecule has 0 spiro atoms. The monoisotopic (exact) mass is 371 g/mol. The summed E-state index contributed by atoms with van der Waals surface area (Å²) in [6.07, 6.45) is 4.91. The number of carbonyl (C=O) groups is 1. The van der Waals surface area contributed by atoms with Gasteiger partial charge >= 0.3 is 0 Å². The number of fused-ring (bicyclic) bond motifs is 1. The summed E-state index contributed by atoms with van der Waals surface area (Å²) in [6, 6.07) is 6.23. The van der Waals surface area contributed by atoms with Crippen LogP contribution in [-0.2, 0) is 4.79 Å². The van der Waals surface area contributed by atoms with E-state index in [0.29, 0.717) is 31.7 Å². The van der Waals surface area contributed by atoms with Gasteiger partial charge in [-0.1, -0.05) is 30.0 Å². The summed E-state index contributed by atoms with van der Waals surface area (Å²) in [5, 5.41) is 3.32. The summed E-state index contributed by atoms with van der Waals surface area (Å²) in [4.78, 5) is 16.4. The lowest BCUT2D eigenvalue weighted by atomic mass is 10.1. The van der Waals surface area contributed by atoms with E-state index in [2.05, 4.69) is 10.3 Å². The van der Waals surface area contributed by atoms with Crippen LogP contribution < -0.4 is 11.1 Å². The van der Waals surface area contributed by atoms with Gasteiger partial charge in [0, 0.05) is 29.4 Å². The molecule has 5 nitrogen and oxygen atoms in total. The maximum absolute atomic E-state index is 13.4. The summed E-state index contributed by atoms with van der Waals surface area (Å²) in [5.41, 5.74) is 7.67. The molecule has 1 saturated heterocycles. The lowest BCUT2D eigenvalue weighted by Crippen LogP contribution is -2.17. The first-order valence-corrected chi connectivity index (χ1v) is 8.41. The maximum Gasteiger partial charge on any atom is 0.263 e. The summed E-state index contributed by atoms with van der Waals surface area (Å²) in [5.74, 6) is -0.226. The van der Waals surface area contributed by atoms with Gasteiger partial charge in [-0.15, -0.1) is 0 Å². The highest BCUT2D eigenvalue weighted by atomic mass is 32.2. The highest BCUT2D eigenvalue weighted by molar-refractivity contribution is 8.26. The number of nitrogens with two attached hydrogens (primary N) is 1. The van der Waals surface area contributed by atoms with E-state index in [1.165, 1.54) is 23.9 Å². The topological polar surface area (TPSA) is 81.1 Å². The third-order valence-corrected chi connectivity index (χ3v) is 4.83. The molecule has 0 atom stereocenters. The first kappa shape index (κ1) is 15.8. The number of nitrogens with zero attached hydrogens (tertiary/aromatic N) is 1. The molecule has 8 heteroatoms. The Hall–Kier alpha value is -2.71. The van der Waals surface area contributed by atoms with Crippen LogP contribution in [0.2, 0.25) is 0 Å². The fraction of sp³-hybridized carbons (Fsp3) is 0. The number of carbonyl (C=O) groups excluding carboxylic acids is 1. The van der Waals surface area contributed by atoms with Gasteiger partial charge in [-0.2, -0.15) is 0 Å². The molecule has 0 bridgehead atoms. The van der Waals surface area contributed by atoms with Gasteiger partial charge in [-0.3, -0.25) is 9.78 Å². The number of thioether (sulfide) groups is 1. The third kappa shape index (κ3) is 2.90. The second-order valence-corrected chi connectivity index (χ2v) is 7.06. The number of pyridine rings is 1. The quantitative estimate of drug-likeness (QED) is 0.406. The zero-order valence-corrected chi connectivity index (χ0v) is 14.2. The number of anilines is 1. The fourth-order valence-corrected chi connectivity index (χ4v) is 3.54. The molecule has 3 aromatic rings. The van der Waals surface area contributed by atoms with Crippen molar-refractivity contribution < 1.29 is 13.6 Å². The number of furan rings is 1. The van der Waals surface area contributed by atoms with E-state index in [1.54, 1.807) is 30.6 Å². The van der Waals surface area contributed by atoms with E-state index < -0.39 is 5.82 Å². The van der Waals surface area contributed by atoms with Gasteiger partial charge in [0.2, 0.25) is 0 Å². The van der Waals surface area contributed by atoms with Crippen LogP contribution in [0.3, 0.4) is 0 Å².